The maximum atomic E-state index is 12.2. The Morgan fingerprint density at radius 2 is 1.68 bits per heavy atom. The van der Waals surface area contributed by atoms with E-state index in [0.717, 1.165) is 31.9 Å². The maximum Gasteiger partial charge on any atom is 0.302 e. The van der Waals surface area contributed by atoms with Gasteiger partial charge in [-0.05, 0) is 104 Å². The summed E-state index contributed by atoms with van der Waals surface area (Å²) in [6.45, 7) is 11.5. The van der Waals surface area contributed by atoms with Gasteiger partial charge >= 0.3 is 5.97 Å². The van der Waals surface area contributed by atoms with Crippen LogP contribution in [0.2, 0.25) is 0 Å². The van der Waals surface area contributed by atoms with E-state index in [1.165, 1.54) is 32.6 Å². The Labute approximate surface area is 229 Å². The van der Waals surface area contributed by atoms with Crippen LogP contribution in [-0.4, -0.2) is 51.3 Å². The monoisotopic (exact) mass is 552 g/mol. The molecule has 6 fully saturated rings. The van der Waals surface area contributed by atoms with Gasteiger partial charge in [0.15, 0.2) is 5.79 Å². The molecule has 0 N–H and O–H groups in total. The third-order valence-corrected chi connectivity index (χ3v) is 13.1. The third kappa shape index (κ3) is 4.13. The second-order valence-electron chi connectivity index (χ2n) is 14.6. The van der Waals surface area contributed by atoms with Gasteiger partial charge in [0.1, 0.15) is 12.2 Å². The molecule has 2 saturated heterocycles. The van der Waals surface area contributed by atoms with Crippen LogP contribution in [0.5, 0.6) is 0 Å². The van der Waals surface area contributed by atoms with Crippen molar-refractivity contribution in [3.8, 4) is 0 Å². The number of hydrogen-bond donors (Lipinski definition) is 0. The van der Waals surface area contributed by atoms with Crippen molar-refractivity contribution in [2.45, 2.75) is 117 Å². The highest BCUT2D eigenvalue weighted by Crippen LogP contribution is 2.71. The molecule has 0 aromatic carbocycles. The first-order valence-electron chi connectivity index (χ1n) is 15.1. The Morgan fingerprint density at radius 1 is 0.947 bits per heavy atom. The Balaban J connectivity index is 1.23. The molecule has 6 rings (SSSR count). The summed E-state index contributed by atoms with van der Waals surface area (Å²) in [5.74, 6) is 2.20. The molecule has 0 radical (unpaired) electrons. The topological polar surface area (TPSA) is 88.1 Å². The average molecular weight is 553 g/mol. The van der Waals surface area contributed by atoms with E-state index in [4.69, 9.17) is 18.4 Å². The van der Waals surface area contributed by atoms with Gasteiger partial charge < -0.3 is 14.2 Å². The number of carbonyl (C=O) groups excluding carboxylic acids is 1. The van der Waals surface area contributed by atoms with Crippen molar-refractivity contribution in [3.63, 3.8) is 0 Å². The molecule has 0 aromatic heterocycles. The minimum absolute atomic E-state index is 0.0735. The predicted molar refractivity (Wildman–Crippen MR) is 142 cm³/mol. The zero-order chi connectivity index (χ0) is 27.3. The van der Waals surface area contributed by atoms with Crippen molar-refractivity contribution in [2.75, 3.05) is 12.9 Å². The van der Waals surface area contributed by atoms with Crippen molar-refractivity contribution in [3.05, 3.63) is 0 Å². The first kappa shape index (κ1) is 27.5. The lowest BCUT2D eigenvalue weighted by molar-refractivity contribution is -0.310. The zero-order valence-corrected chi connectivity index (χ0v) is 24.9. The fourth-order valence-corrected chi connectivity index (χ4v) is 11.6. The normalized spacial score (nSPS) is 54.1. The summed E-state index contributed by atoms with van der Waals surface area (Å²) < 4.78 is 49.1. The van der Waals surface area contributed by atoms with Gasteiger partial charge in [-0.2, -0.15) is 8.42 Å². The first-order valence-corrected chi connectivity index (χ1v) is 17.0. The molecule has 4 saturated carbocycles. The van der Waals surface area contributed by atoms with Crippen molar-refractivity contribution >= 4 is 16.1 Å². The van der Waals surface area contributed by atoms with Crippen LogP contribution < -0.4 is 0 Å². The number of fused-ring (bicyclic) bond motifs is 7. The summed E-state index contributed by atoms with van der Waals surface area (Å²) in [6.07, 6.45) is 10.5. The van der Waals surface area contributed by atoms with E-state index < -0.39 is 22.0 Å². The van der Waals surface area contributed by atoms with Gasteiger partial charge in [-0.15, -0.1) is 0 Å². The van der Waals surface area contributed by atoms with E-state index in [9.17, 15) is 13.2 Å². The van der Waals surface area contributed by atoms with Crippen LogP contribution >= 0.6 is 0 Å². The maximum absolute atomic E-state index is 12.2. The number of hydrogen-bond acceptors (Lipinski definition) is 7. The van der Waals surface area contributed by atoms with Crippen LogP contribution in [-0.2, 0) is 33.3 Å². The quantitative estimate of drug-likeness (QED) is 0.346. The fourth-order valence-electron chi connectivity index (χ4n) is 11.0. The molecule has 1 spiro atoms. The summed E-state index contributed by atoms with van der Waals surface area (Å²) in [4.78, 5) is 11.6. The Morgan fingerprint density at radius 3 is 2.39 bits per heavy atom. The Bertz CT molecular complexity index is 1060. The van der Waals surface area contributed by atoms with Gasteiger partial charge in [0.05, 0.1) is 19.0 Å². The first-order chi connectivity index (χ1) is 17.8. The SMILES string of the molecule is CC(=O)O[C@H]1CC[C@@]2(C)[C@@H](CC[C@@H]3[C@@H]2CC[C@]2(C)[C@@H]4[C@H](C[C@@H]32)O[C@@]2(OC[C@H](C)C[C@@H]2OS(C)(=O)=O)[C@H]4C)C1. The Hall–Kier alpha value is -0.700. The number of carbonyl (C=O) groups is 1. The van der Waals surface area contributed by atoms with E-state index in [-0.39, 0.29) is 35.4 Å². The van der Waals surface area contributed by atoms with Gasteiger partial charge in [0.25, 0.3) is 10.1 Å². The van der Waals surface area contributed by atoms with Gasteiger partial charge in [-0.1, -0.05) is 27.7 Å². The largest absolute Gasteiger partial charge is 0.463 e. The van der Waals surface area contributed by atoms with Crippen LogP contribution in [0.4, 0.5) is 0 Å². The molecule has 4 aliphatic carbocycles. The molecule has 6 aliphatic rings. The van der Waals surface area contributed by atoms with E-state index in [2.05, 4.69) is 27.7 Å². The number of esters is 1. The molecule has 2 heterocycles. The van der Waals surface area contributed by atoms with Crippen LogP contribution in [0.25, 0.3) is 0 Å². The highest BCUT2D eigenvalue weighted by atomic mass is 32.2. The van der Waals surface area contributed by atoms with E-state index in [1.54, 1.807) is 0 Å². The van der Waals surface area contributed by atoms with Gasteiger partial charge in [-0.25, -0.2) is 0 Å². The molecule has 13 atom stereocenters. The van der Waals surface area contributed by atoms with Crippen molar-refractivity contribution in [1.29, 1.82) is 0 Å². The number of ether oxygens (including phenoxy) is 3. The molecule has 0 amide bonds. The van der Waals surface area contributed by atoms with Crippen molar-refractivity contribution in [1.82, 2.24) is 0 Å². The molecule has 0 bridgehead atoms. The fraction of sp³-hybridized carbons (Fsp3) is 0.967. The van der Waals surface area contributed by atoms with E-state index in [1.807, 2.05) is 0 Å². The molecule has 216 valence electrons. The standard InChI is InChI=1S/C30H48O7S/c1-17-13-26(37-38(6,32)33)30(34-16-17)18(2)27-25(36-30)15-24-22-8-7-20-14-21(35-19(3)31)9-11-28(20,4)23(22)10-12-29(24,27)5/h17-18,20-27H,7-16H2,1-6H3/t17-,18+,20+,21+,22-,23+,24+,25+,26+,27+,28+,29+,30+/m1/s1. The minimum atomic E-state index is -3.63. The lowest BCUT2D eigenvalue weighted by Gasteiger charge is -2.61. The van der Waals surface area contributed by atoms with E-state index >= 15 is 0 Å². The Kier molecular flexibility index (Phi) is 6.62. The lowest BCUT2D eigenvalue weighted by atomic mass is 9.44. The molecule has 8 heteroatoms. The highest BCUT2D eigenvalue weighted by Gasteiger charge is 2.71. The zero-order valence-electron chi connectivity index (χ0n) is 24.1. The number of rotatable bonds is 3. The van der Waals surface area contributed by atoms with Crippen molar-refractivity contribution < 1.29 is 31.6 Å². The molecule has 38 heavy (non-hydrogen) atoms. The molecule has 7 nitrogen and oxygen atoms in total. The van der Waals surface area contributed by atoms with Crippen LogP contribution in [0.1, 0.15) is 92.4 Å². The molecule has 0 aromatic rings. The van der Waals surface area contributed by atoms with E-state index in [0.29, 0.717) is 48.0 Å². The smallest absolute Gasteiger partial charge is 0.302 e. The molecular weight excluding hydrogens is 504 g/mol. The van der Waals surface area contributed by atoms with Gasteiger partial charge in [0, 0.05) is 12.8 Å². The lowest BCUT2D eigenvalue weighted by Crippen LogP contribution is -2.58. The van der Waals surface area contributed by atoms with Crippen LogP contribution in [0.15, 0.2) is 0 Å². The second kappa shape index (κ2) is 9.15. The molecule has 0 unspecified atom stereocenters. The molecular formula is C30H48O7S. The second-order valence-corrected chi connectivity index (χ2v) is 16.2. The average Bonchev–Trinajstić information content (AvgIpc) is 3.26. The summed E-state index contributed by atoms with van der Waals surface area (Å²) >= 11 is 0. The van der Waals surface area contributed by atoms with Crippen LogP contribution in [0, 0.1) is 52.3 Å². The summed E-state index contributed by atoms with van der Waals surface area (Å²) in [6, 6.07) is 0. The van der Waals surface area contributed by atoms with Crippen molar-refractivity contribution in [2.24, 2.45) is 52.3 Å². The summed E-state index contributed by atoms with van der Waals surface area (Å²) in [7, 11) is -3.63. The van der Waals surface area contributed by atoms with Gasteiger partial charge in [-0.3, -0.25) is 8.98 Å². The summed E-state index contributed by atoms with van der Waals surface area (Å²) in [5, 5.41) is 0. The highest BCUT2D eigenvalue weighted by molar-refractivity contribution is 7.86. The third-order valence-electron chi connectivity index (χ3n) is 12.5. The predicted octanol–water partition coefficient (Wildman–Crippen LogP) is 5.32. The van der Waals surface area contributed by atoms with Gasteiger partial charge in [0.2, 0.25) is 0 Å². The van der Waals surface area contributed by atoms with Crippen LogP contribution in [0.3, 0.4) is 0 Å². The molecule has 2 aliphatic heterocycles. The minimum Gasteiger partial charge on any atom is -0.463 e. The summed E-state index contributed by atoms with van der Waals surface area (Å²) in [5.41, 5.74) is 0.484.